The minimum atomic E-state index is -0.593. The number of fused-ring (bicyclic) bond motifs is 5. The molecule has 2 aliphatic rings. The molecule has 0 spiro atoms. The summed E-state index contributed by atoms with van der Waals surface area (Å²) < 4.78 is 5.64. The predicted octanol–water partition coefficient (Wildman–Crippen LogP) is 1.45. The van der Waals surface area contributed by atoms with Crippen molar-refractivity contribution >= 4 is 34.7 Å². The van der Waals surface area contributed by atoms with Crippen molar-refractivity contribution in [3.8, 4) is 10.6 Å². The van der Waals surface area contributed by atoms with Crippen LogP contribution in [0.2, 0.25) is 0 Å². The fourth-order valence-corrected chi connectivity index (χ4v) is 4.87. The fraction of sp³-hybridized carbons (Fsp3) is 0.480. The van der Waals surface area contributed by atoms with E-state index in [9.17, 15) is 9.59 Å². The summed E-state index contributed by atoms with van der Waals surface area (Å²) in [6.07, 6.45) is 6.93. The van der Waals surface area contributed by atoms with Crippen LogP contribution in [0.25, 0.3) is 10.6 Å². The second-order valence-electron chi connectivity index (χ2n) is 8.97. The number of anilines is 1. The number of thiazole rings is 1. The number of hydrogen-bond acceptors (Lipinski definition) is 10. The van der Waals surface area contributed by atoms with Crippen molar-refractivity contribution in [2.45, 2.75) is 19.3 Å². The van der Waals surface area contributed by atoms with Crippen molar-refractivity contribution in [3.05, 3.63) is 41.3 Å². The third kappa shape index (κ3) is 7.57. The molecular weight excluding hydrogens is 492 g/mol. The highest BCUT2D eigenvalue weighted by atomic mass is 32.1. The Morgan fingerprint density at radius 2 is 2.03 bits per heavy atom. The number of piperidine rings is 1. The zero-order valence-electron chi connectivity index (χ0n) is 21.1. The van der Waals surface area contributed by atoms with E-state index in [1.54, 1.807) is 11.6 Å². The van der Waals surface area contributed by atoms with E-state index in [-0.39, 0.29) is 23.6 Å². The van der Waals surface area contributed by atoms with E-state index in [0.717, 1.165) is 31.0 Å². The number of pyridine rings is 1. The van der Waals surface area contributed by atoms with Crippen LogP contribution in [-0.4, -0.2) is 91.9 Å². The van der Waals surface area contributed by atoms with E-state index < -0.39 is 11.8 Å². The van der Waals surface area contributed by atoms with Crippen LogP contribution >= 0.6 is 11.3 Å². The predicted molar refractivity (Wildman–Crippen MR) is 144 cm³/mol. The van der Waals surface area contributed by atoms with Crippen LogP contribution in [0.15, 0.2) is 35.6 Å². The van der Waals surface area contributed by atoms with Gasteiger partial charge >= 0.3 is 0 Å². The highest BCUT2D eigenvalue weighted by Crippen LogP contribution is 2.26. The van der Waals surface area contributed by atoms with Gasteiger partial charge in [0.15, 0.2) is 0 Å². The quantitative estimate of drug-likeness (QED) is 0.440. The van der Waals surface area contributed by atoms with E-state index >= 15 is 0 Å². The van der Waals surface area contributed by atoms with Crippen LogP contribution in [0.3, 0.4) is 0 Å². The lowest BCUT2D eigenvalue weighted by molar-refractivity contribution is -0.115. The van der Waals surface area contributed by atoms with Gasteiger partial charge in [0, 0.05) is 56.6 Å². The summed E-state index contributed by atoms with van der Waals surface area (Å²) in [5, 5.41) is 19.3. The SMILES string of the molecule is CN1CCOCCNC(=O)C(=N)/C(=C\NCCN2CCCCC2)NC(=O)c2csc(n2)-c2ccnc1c2. The van der Waals surface area contributed by atoms with Crippen LogP contribution < -0.4 is 20.9 Å². The maximum Gasteiger partial charge on any atom is 0.275 e. The summed E-state index contributed by atoms with van der Waals surface area (Å²) in [6, 6.07) is 3.78. The molecule has 0 radical (unpaired) electrons. The Labute approximate surface area is 220 Å². The Kier molecular flexibility index (Phi) is 9.58. The average molecular weight is 527 g/mol. The molecule has 0 unspecified atom stereocenters. The molecule has 198 valence electrons. The van der Waals surface area contributed by atoms with Crippen LogP contribution in [0, 0.1) is 5.41 Å². The first-order chi connectivity index (χ1) is 18.0. The first-order valence-corrected chi connectivity index (χ1v) is 13.4. The fourth-order valence-electron chi connectivity index (χ4n) is 4.07. The number of carbonyl (C=O) groups is 2. The van der Waals surface area contributed by atoms with Gasteiger partial charge in [0.2, 0.25) is 0 Å². The van der Waals surface area contributed by atoms with Crippen molar-refractivity contribution in [2.24, 2.45) is 0 Å². The number of aromatic nitrogens is 2. The van der Waals surface area contributed by atoms with Gasteiger partial charge in [0.25, 0.3) is 11.8 Å². The van der Waals surface area contributed by atoms with Crippen molar-refractivity contribution in [1.29, 1.82) is 5.41 Å². The molecule has 2 aliphatic heterocycles. The molecular formula is C25H34N8O3S. The number of carbonyl (C=O) groups excluding carboxylic acids is 2. The summed E-state index contributed by atoms with van der Waals surface area (Å²) in [5.74, 6) is -0.310. The summed E-state index contributed by atoms with van der Waals surface area (Å²) in [5.41, 5.74) is 0.818. The molecule has 4 heterocycles. The van der Waals surface area contributed by atoms with Gasteiger partial charge in [-0.15, -0.1) is 11.3 Å². The number of amides is 2. The molecule has 4 bridgehead atoms. The maximum absolute atomic E-state index is 13.0. The molecule has 2 aromatic rings. The summed E-state index contributed by atoms with van der Waals surface area (Å²) >= 11 is 1.35. The smallest absolute Gasteiger partial charge is 0.275 e. The van der Waals surface area contributed by atoms with Gasteiger partial charge in [-0.1, -0.05) is 6.42 Å². The molecule has 1 fully saturated rings. The van der Waals surface area contributed by atoms with E-state index in [1.165, 1.54) is 36.8 Å². The second-order valence-corrected chi connectivity index (χ2v) is 9.83. The minimum Gasteiger partial charge on any atom is -0.388 e. The molecule has 1 saturated heterocycles. The Morgan fingerprint density at radius 3 is 2.86 bits per heavy atom. The molecule has 2 amide bonds. The molecule has 11 nitrogen and oxygen atoms in total. The van der Waals surface area contributed by atoms with Gasteiger partial charge in [0.05, 0.1) is 18.9 Å². The van der Waals surface area contributed by atoms with Gasteiger partial charge in [-0.2, -0.15) is 0 Å². The van der Waals surface area contributed by atoms with Crippen LogP contribution in [0.1, 0.15) is 29.8 Å². The number of likely N-dealkylation sites (tertiary alicyclic amines) is 1. The summed E-state index contributed by atoms with van der Waals surface area (Å²) in [4.78, 5) is 39.0. The number of ether oxygens (including phenoxy) is 1. The monoisotopic (exact) mass is 526 g/mol. The van der Waals surface area contributed by atoms with E-state index in [2.05, 4.69) is 30.8 Å². The summed E-state index contributed by atoms with van der Waals surface area (Å²) in [6.45, 7) is 5.28. The number of nitrogens with one attached hydrogen (secondary N) is 4. The molecule has 0 saturated carbocycles. The van der Waals surface area contributed by atoms with Crippen molar-refractivity contribution < 1.29 is 14.3 Å². The zero-order chi connectivity index (χ0) is 26.0. The van der Waals surface area contributed by atoms with Gasteiger partial charge in [-0.25, -0.2) is 9.97 Å². The molecule has 12 heteroatoms. The third-order valence-corrected chi connectivity index (χ3v) is 7.13. The van der Waals surface area contributed by atoms with E-state index in [0.29, 0.717) is 31.3 Å². The molecule has 0 aliphatic carbocycles. The van der Waals surface area contributed by atoms with Crippen molar-refractivity contribution in [1.82, 2.24) is 30.8 Å². The first-order valence-electron chi connectivity index (χ1n) is 12.6. The second kappa shape index (κ2) is 13.3. The van der Waals surface area contributed by atoms with Gasteiger partial charge in [-0.05, 0) is 38.1 Å². The summed E-state index contributed by atoms with van der Waals surface area (Å²) in [7, 11) is 1.92. The van der Waals surface area contributed by atoms with Gasteiger partial charge < -0.3 is 30.5 Å². The van der Waals surface area contributed by atoms with E-state index in [4.69, 9.17) is 10.1 Å². The lowest BCUT2D eigenvalue weighted by Crippen LogP contribution is -2.40. The Bertz CT molecular complexity index is 1130. The Morgan fingerprint density at radius 1 is 1.19 bits per heavy atom. The molecule has 37 heavy (non-hydrogen) atoms. The van der Waals surface area contributed by atoms with E-state index in [1.807, 2.05) is 24.1 Å². The Balaban J connectivity index is 1.51. The van der Waals surface area contributed by atoms with Crippen molar-refractivity contribution in [2.75, 3.05) is 64.4 Å². The minimum absolute atomic E-state index is 0.0885. The molecule has 4 N–H and O–H groups in total. The normalized spacial score (nSPS) is 19.6. The molecule has 2 aromatic heterocycles. The van der Waals surface area contributed by atoms with Gasteiger partial charge in [0.1, 0.15) is 22.2 Å². The number of rotatable bonds is 4. The molecule has 0 aromatic carbocycles. The van der Waals surface area contributed by atoms with Crippen molar-refractivity contribution in [3.63, 3.8) is 0 Å². The highest BCUT2D eigenvalue weighted by molar-refractivity contribution is 7.13. The first kappa shape index (κ1) is 26.7. The zero-order valence-corrected chi connectivity index (χ0v) is 21.9. The lowest BCUT2D eigenvalue weighted by atomic mass is 10.1. The highest BCUT2D eigenvalue weighted by Gasteiger charge is 2.20. The molecule has 4 rings (SSSR count). The Hall–Kier alpha value is -3.35. The van der Waals surface area contributed by atoms with Crippen LogP contribution in [0.4, 0.5) is 5.82 Å². The van der Waals surface area contributed by atoms with Crippen LogP contribution in [0.5, 0.6) is 0 Å². The number of hydrogen-bond donors (Lipinski definition) is 4. The standard InChI is InChI=1S/C25H34N8O3S/c1-32-12-14-36-13-8-29-24(35)22(26)19(16-27-7-11-33-9-3-2-4-10-33)30-23(34)20-17-37-25(31-20)18-5-6-28-21(32)15-18/h5-6,15-17,26-27H,2-4,7-14H2,1H3,(H,29,35)(H,30,34)/b19-16+,26-22?. The lowest BCUT2D eigenvalue weighted by Gasteiger charge is -2.26. The molecule has 0 atom stereocenters. The largest absolute Gasteiger partial charge is 0.388 e. The average Bonchev–Trinajstić information content (AvgIpc) is 3.42. The van der Waals surface area contributed by atoms with Crippen LogP contribution in [-0.2, 0) is 9.53 Å². The number of likely N-dealkylation sites (N-methyl/N-ethyl adjacent to an activating group) is 1. The van der Waals surface area contributed by atoms with Gasteiger partial charge in [-0.3, -0.25) is 15.0 Å². The topological polar surface area (TPSA) is 136 Å². The maximum atomic E-state index is 13.0. The number of nitrogens with zero attached hydrogens (tertiary/aromatic N) is 4. The third-order valence-electron chi connectivity index (χ3n) is 6.24.